The van der Waals surface area contributed by atoms with Gasteiger partial charge < -0.3 is 0 Å². The van der Waals surface area contributed by atoms with Crippen molar-refractivity contribution in [2.75, 3.05) is 0 Å². The monoisotopic (exact) mass is 909 g/mol. The van der Waals surface area contributed by atoms with Crippen molar-refractivity contribution in [1.29, 1.82) is 0 Å². The summed E-state index contributed by atoms with van der Waals surface area (Å²) in [5.41, 5.74) is 0. The summed E-state index contributed by atoms with van der Waals surface area (Å²) >= 11 is 0. The largest absolute Gasteiger partial charge is 0.286 e. The molecule has 1 radical (unpaired) electrons. The van der Waals surface area contributed by atoms with E-state index in [9.17, 15) is 25.3 Å². The van der Waals surface area contributed by atoms with E-state index in [1.165, 1.54) is 25.7 Å². The van der Waals surface area contributed by atoms with Crippen LogP contribution in [0.4, 0.5) is 0 Å². The molecule has 5 aliphatic heterocycles. The third-order valence-electron chi connectivity index (χ3n) is 15.0. The summed E-state index contributed by atoms with van der Waals surface area (Å²) in [5, 5.41) is 25.4. The summed E-state index contributed by atoms with van der Waals surface area (Å²) in [7, 11) is 4.04. The van der Waals surface area contributed by atoms with Crippen LogP contribution in [0.25, 0.3) is 0 Å². The Morgan fingerprint density at radius 1 is 0.358 bits per heavy atom. The second-order valence-corrected chi connectivity index (χ2v) is 25.8. The zero-order valence-electron chi connectivity index (χ0n) is 29.3. The van der Waals surface area contributed by atoms with Crippen LogP contribution in [0.3, 0.4) is 0 Å². The topological polar surface area (TPSA) is 199 Å². The molecule has 4 aliphatic carbocycles. The van der Waals surface area contributed by atoms with E-state index in [-0.39, 0.29) is 72.3 Å². The fourth-order valence-corrected chi connectivity index (χ4v) is 20.6. The Balaban J connectivity index is 0.00000400. The number of fused-ring (bicyclic) bond motifs is 20. The van der Waals surface area contributed by atoms with Gasteiger partial charge in [-0.1, -0.05) is 38.5 Å². The van der Waals surface area contributed by atoms with E-state index < -0.39 is 67.1 Å². The summed E-state index contributed by atoms with van der Waals surface area (Å²) in [6.07, 6.45) is 11.9. The van der Waals surface area contributed by atoms with Crippen LogP contribution in [0.15, 0.2) is 0 Å². The van der Waals surface area contributed by atoms with Crippen LogP contribution in [0.1, 0.15) is 83.5 Å². The van der Waals surface area contributed by atoms with Crippen LogP contribution in [-0.4, -0.2) is 90.3 Å². The van der Waals surface area contributed by atoms with Gasteiger partial charge in [-0.3, -0.25) is 42.5 Å². The van der Waals surface area contributed by atoms with Gasteiger partial charge in [-0.15, -0.1) is 0 Å². The van der Waals surface area contributed by atoms with E-state index >= 15 is 0 Å². The molecule has 0 aromatic carbocycles. The number of rotatable bonds is 3. The fourth-order valence-electron chi connectivity index (χ4n) is 12.9. The first-order chi connectivity index (χ1) is 24.7. The summed E-state index contributed by atoms with van der Waals surface area (Å²) in [5.74, 6) is 0.667. The van der Waals surface area contributed by atoms with Crippen LogP contribution in [-0.2, 0) is 44.2 Å². The molecule has 0 spiro atoms. The van der Waals surface area contributed by atoms with Crippen molar-refractivity contribution in [2.24, 2.45) is 47.3 Å². The predicted molar refractivity (Wildman–Crippen MR) is 199 cm³/mol. The van der Waals surface area contributed by atoms with E-state index in [0.717, 1.165) is 51.4 Å². The molecule has 5 heterocycles. The molecule has 0 amide bonds. The van der Waals surface area contributed by atoms with Gasteiger partial charge in [-0.2, -0.15) is 0 Å². The predicted octanol–water partition coefficient (Wildman–Crippen LogP) is 1.24. The van der Waals surface area contributed by atoms with Crippen molar-refractivity contribution in [3.8, 4) is 0 Å². The summed E-state index contributed by atoms with van der Waals surface area (Å²) < 4.78 is 79.9. The first kappa shape index (κ1) is 40.7. The molecule has 9 fully saturated rings. The van der Waals surface area contributed by atoms with Crippen molar-refractivity contribution >= 4 is 59.2 Å². The molecule has 8 bridgehead atoms. The van der Waals surface area contributed by atoms with E-state index in [4.69, 9.17) is 32.0 Å². The Hall–Kier alpha value is 0.919. The standard InChI is InChI=1S/C32H53Cl3N8O6S3.Cu/c33-50(44,45)21-13-20-22(24(52(35,48)49)23(21)51(34,46)47)32-42-30-19-12-6-5-11-18(19)28(40-30)38-26-15-8-2-1-7-14(15)25(36-26)37-27-16-9-3-4-10-17(16)29(39-27)41-31(20)43-32;/h14-32,36-43H,1-13H2;. The average Bonchev–Trinajstić information content (AvgIpc) is 3.82. The van der Waals surface area contributed by atoms with E-state index in [2.05, 4.69) is 42.5 Å². The van der Waals surface area contributed by atoms with Crippen molar-refractivity contribution in [3.05, 3.63) is 0 Å². The summed E-state index contributed by atoms with van der Waals surface area (Å²) in [4.78, 5) is 0. The zero-order valence-corrected chi connectivity index (χ0v) is 34.9. The molecule has 19 unspecified atom stereocenters. The molecule has 0 aromatic heterocycles. The molecule has 21 heteroatoms. The van der Waals surface area contributed by atoms with Crippen molar-refractivity contribution in [3.63, 3.8) is 0 Å². The average molecular weight is 912 g/mol. The zero-order chi connectivity index (χ0) is 36.3. The number of nitrogens with one attached hydrogen (secondary N) is 8. The maximum Gasteiger partial charge on any atom is 0.238 e. The van der Waals surface area contributed by atoms with Gasteiger partial charge in [0.15, 0.2) is 0 Å². The van der Waals surface area contributed by atoms with Gasteiger partial charge in [0.05, 0.1) is 54.6 Å². The van der Waals surface area contributed by atoms with Gasteiger partial charge in [0.25, 0.3) is 0 Å². The molecular weight excluding hydrogens is 859 g/mol. The van der Waals surface area contributed by atoms with Crippen LogP contribution in [0.5, 0.6) is 0 Å². The van der Waals surface area contributed by atoms with Crippen LogP contribution >= 0.6 is 32.0 Å². The molecule has 4 saturated carbocycles. The quantitative estimate of drug-likeness (QED) is 0.149. The van der Waals surface area contributed by atoms with Crippen LogP contribution in [0.2, 0.25) is 0 Å². The second kappa shape index (κ2) is 15.2. The minimum atomic E-state index is -4.77. The van der Waals surface area contributed by atoms with Crippen molar-refractivity contribution in [2.45, 2.75) is 149 Å². The molecule has 5 saturated heterocycles. The van der Waals surface area contributed by atoms with Gasteiger partial charge >= 0.3 is 0 Å². The van der Waals surface area contributed by atoms with Gasteiger partial charge in [-0.25, -0.2) is 25.3 Å². The Morgan fingerprint density at radius 2 is 0.623 bits per heavy atom. The number of hydrogen-bond donors (Lipinski definition) is 8. The Morgan fingerprint density at radius 3 is 0.887 bits per heavy atom. The first-order valence-electron chi connectivity index (χ1n) is 19.6. The third kappa shape index (κ3) is 7.43. The molecule has 9 aliphatic rings. The molecule has 19 atom stereocenters. The molecule has 14 nitrogen and oxygen atoms in total. The molecule has 307 valence electrons. The van der Waals surface area contributed by atoms with Gasteiger partial charge in [-0.05, 0) is 86.4 Å². The van der Waals surface area contributed by atoms with E-state index in [0.29, 0.717) is 23.7 Å². The third-order valence-corrected chi connectivity index (χ3v) is 21.0. The summed E-state index contributed by atoms with van der Waals surface area (Å²) in [6.45, 7) is 0. The number of halogens is 3. The molecule has 9 rings (SSSR count). The van der Waals surface area contributed by atoms with Crippen LogP contribution in [0, 0.1) is 47.3 Å². The fraction of sp³-hybridized carbons (Fsp3) is 1.00. The Kier molecular flexibility index (Phi) is 11.7. The minimum Gasteiger partial charge on any atom is -0.286 e. The molecule has 0 aromatic rings. The number of hydrogen-bond acceptors (Lipinski definition) is 14. The van der Waals surface area contributed by atoms with Crippen molar-refractivity contribution < 1.29 is 42.3 Å². The Labute approximate surface area is 337 Å². The normalized spacial score (nSPS) is 51.3. The molecular formula is C32H53Cl3CuN8O6S3. The molecule has 53 heavy (non-hydrogen) atoms. The first-order valence-corrected chi connectivity index (χ1v) is 26.7. The van der Waals surface area contributed by atoms with Crippen LogP contribution < -0.4 is 42.5 Å². The van der Waals surface area contributed by atoms with E-state index in [1.54, 1.807) is 0 Å². The van der Waals surface area contributed by atoms with E-state index in [1.807, 2.05) is 0 Å². The van der Waals surface area contributed by atoms with Gasteiger partial charge in [0.2, 0.25) is 27.2 Å². The SMILES string of the molecule is O=S(=O)(Cl)C1CC2C3NC4NC(NC5NC(NC6NC(NC(N3)C2C(S(=O)(=O)Cl)C1S(=O)(=O)Cl)C1CCCCC61)C1CCCCC51)C1CCCCC41.[Cu]. The minimum absolute atomic E-state index is 0. The smallest absolute Gasteiger partial charge is 0.238 e. The van der Waals surface area contributed by atoms with Gasteiger partial charge in [0.1, 0.15) is 10.5 Å². The molecule has 8 N–H and O–H groups in total. The second-order valence-electron chi connectivity index (χ2n) is 17.4. The summed E-state index contributed by atoms with van der Waals surface area (Å²) in [6, 6.07) is 0. The maximum absolute atomic E-state index is 13.6. The Bertz CT molecular complexity index is 1720. The van der Waals surface area contributed by atoms with Gasteiger partial charge in [0, 0.05) is 55.0 Å². The maximum atomic E-state index is 13.6. The van der Waals surface area contributed by atoms with Crippen molar-refractivity contribution in [1.82, 2.24) is 42.5 Å².